The number of carbonyl (C=O) groups excluding carboxylic acids is 1. The Labute approximate surface area is 131 Å². The average Bonchev–Trinajstić information content (AvgIpc) is 2.87. The van der Waals surface area contributed by atoms with Crippen molar-refractivity contribution >= 4 is 15.7 Å². The van der Waals surface area contributed by atoms with Gasteiger partial charge in [0.1, 0.15) is 0 Å². The zero-order valence-corrected chi connectivity index (χ0v) is 13.7. The first-order valence-electron chi connectivity index (χ1n) is 7.60. The first-order valence-corrected chi connectivity index (χ1v) is 9.42. The number of hydrogen-bond donors (Lipinski definition) is 1. The normalized spacial score (nSPS) is 20.2. The highest BCUT2D eigenvalue weighted by Crippen LogP contribution is 2.17. The second kappa shape index (κ2) is 7.69. The first kappa shape index (κ1) is 16.9. The molecule has 1 fully saturated rings. The first-order chi connectivity index (χ1) is 10.5. The average molecular weight is 325 g/mol. The van der Waals surface area contributed by atoms with E-state index in [1.165, 1.54) is 0 Å². The number of sulfone groups is 1. The van der Waals surface area contributed by atoms with Crippen molar-refractivity contribution in [3.8, 4) is 0 Å². The van der Waals surface area contributed by atoms with Crippen LogP contribution in [-0.2, 0) is 21.2 Å². The molecule has 6 nitrogen and oxygen atoms in total. The number of amides is 1. The summed E-state index contributed by atoms with van der Waals surface area (Å²) in [5, 5.41) is 2.87. The largest absolute Gasteiger partial charge is 0.352 e. The summed E-state index contributed by atoms with van der Waals surface area (Å²) in [5.41, 5.74) is 1.01. The Hall–Kier alpha value is -1.47. The van der Waals surface area contributed by atoms with Crippen molar-refractivity contribution in [3.05, 3.63) is 30.1 Å². The van der Waals surface area contributed by atoms with Crippen LogP contribution in [0.25, 0.3) is 0 Å². The lowest BCUT2D eigenvalue weighted by molar-refractivity contribution is -0.121. The molecule has 1 amide bonds. The van der Waals surface area contributed by atoms with Crippen molar-refractivity contribution in [1.29, 1.82) is 0 Å². The molecule has 1 aromatic rings. The lowest BCUT2D eigenvalue weighted by Crippen LogP contribution is -2.38. The lowest BCUT2D eigenvalue weighted by atomic mass is 10.2. The van der Waals surface area contributed by atoms with Crippen molar-refractivity contribution in [3.63, 3.8) is 0 Å². The van der Waals surface area contributed by atoms with Gasteiger partial charge in [0, 0.05) is 37.9 Å². The maximum absolute atomic E-state index is 11.9. The number of nitrogens with zero attached hydrogens (tertiary/aromatic N) is 2. The monoisotopic (exact) mass is 325 g/mol. The van der Waals surface area contributed by atoms with Crippen LogP contribution in [0.15, 0.2) is 24.5 Å². The Morgan fingerprint density at radius 1 is 1.41 bits per heavy atom. The van der Waals surface area contributed by atoms with Crippen molar-refractivity contribution in [2.75, 3.05) is 24.6 Å². The fourth-order valence-corrected chi connectivity index (χ4v) is 4.46. The molecule has 1 N–H and O–H groups in total. The molecule has 0 bridgehead atoms. The van der Waals surface area contributed by atoms with Crippen LogP contribution in [0, 0.1) is 0 Å². The fraction of sp³-hybridized carbons (Fsp3) is 0.600. The lowest BCUT2D eigenvalue weighted by Gasteiger charge is -2.26. The summed E-state index contributed by atoms with van der Waals surface area (Å²) >= 11 is 0. The molecular formula is C15H23N3O3S. The minimum atomic E-state index is -2.88. The fourth-order valence-electron chi connectivity index (χ4n) is 2.70. The molecule has 1 atom stereocenters. The van der Waals surface area contributed by atoms with Crippen LogP contribution < -0.4 is 5.32 Å². The minimum absolute atomic E-state index is 0.0175. The van der Waals surface area contributed by atoms with Crippen LogP contribution in [0.4, 0.5) is 0 Å². The Balaban J connectivity index is 1.75. The van der Waals surface area contributed by atoms with Gasteiger partial charge >= 0.3 is 0 Å². The van der Waals surface area contributed by atoms with E-state index >= 15 is 0 Å². The van der Waals surface area contributed by atoms with E-state index < -0.39 is 9.84 Å². The van der Waals surface area contributed by atoms with Crippen LogP contribution >= 0.6 is 0 Å². The van der Waals surface area contributed by atoms with Gasteiger partial charge in [0.05, 0.1) is 11.5 Å². The number of pyridine rings is 1. The third-order valence-corrected chi connectivity index (χ3v) is 5.75. The Morgan fingerprint density at radius 2 is 2.14 bits per heavy atom. The molecule has 0 aliphatic carbocycles. The molecule has 0 spiro atoms. The molecule has 7 heteroatoms. The summed E-state index contributed by atoms with van der Waals surface area (Å²) in [7, 11) is -2.88. The number of carbonyl (C=O) groups is 1. The SMILES string of the molecule is CCN(CCC(=O)NCc1ccncc1)C1CCS(=O)(=O)C1. The van der Waals surface area contributed by atoms with Gasteiger partial charge in [-0.3, -0.25) is 14.7 Å². The molecular weight excluding hydrogens is 302 g/mol. The van der Waals surface area contributed by atoms with E-state index in [0.717, 1.165) is 12.1 Å². The van der Waals surface area contributed by atoms with Gasteiger partial charge in [-0.15, -0.1) is 0 Å². The van der Waals surface area contributed by atoms with Gasteiger partial charge in [0.25, 0.3) is 0 Å². The van der Waals surface area contributed by atoms with E-state index in [1.54, 1.807) is 12.4 Å². The Kier molecular flexibility index (Phi) is 5.90. The summed E-state index contributed by atoms with van der Waals surface area (Å²) in [6.07, 6.45) is 4.45. The van der Waals surface area contributed by atoms with E-state index in [0.29, 0.717) is 25.9 Å². The summed E-state index contributed by atoms with van der Waals surface area (Å²) < 4.78 is 23.1. The van der Waals surface area contributed by atoms with E-state index in [1.807, 2.05) is 19.1 Å². The Morgan fingerprint density at radius 3 is 2.73 bits per heavy atom. The summed E-state index contributed by atoms with van der Waals surface area (Å²) in [6.45, 7) is 3.85. The molecule has 2 rings (SSSR count). The van der Waals surface area contributed by atoms with E-state index in [-0.39, 0.29) is 23.5 Å². The van der Waals surface area contributed by atoms with E-state index in [9.17, 15) is 13.2 Å². The van der Waals surface area contributed by atoms with Gasteiger partial charge in [-0.05, 0) is 30.7 Å². The molecule has 1 aliphatic rings. The van der Waals surface area contributed by atoms with Crippen molar-refractivity contribution < 1.29 is 13.2 Å². The van der Waals surface area contributed by atoms with Gasteiger partial charge in [-0.25, -0.2) is 8.42 Å². The topological polar surface area (TPSA) is 79.4 Å². The van der Waals surface area contributed by atoms with Gasteiger partial charge in [-0.2, -0.15) is 0 Å². The zero-order valence-electron chi connectivity index (χ0n) is 12.9. The molecule has 1 aliphatic heterocycles. The van der Waals surface area contributed by atoms with Gasteiger partial charge < -0.3 is 5.32 Å². The maximum atomic E-state index is 11.9. The second-order valence-corrected chi connectivity index (χ2v) is 7.80. The molecule has 0 aromatic carbocycles. The molecule has 1 aromatic heterocycles. The summed E-state index contributed by atoms with van der Waals surface area (Å²) in [6, 6.07) is 3.78. The smallest absolute Gasteiger partial charge is 0.221 e. The summed E-state index contributed by atoms with van der Waals surface area (Å²) in [4.78, 5) is 17.9. The molecule has 22 heavy (non-hydrogen) atoms. The highest BCUT2D eigenvalue weighted by atomic mass is 32.2. The quantitative estimate of drug-likeness (QED) is 0.794. The van der Waals surface area contributed by atoms with E-state index in [4.69, 9.17) is 0 Å². The highest BCUT2D eigenvalue weighted by molar-refractivity contribution is 7.91. The van der Waals surface area contributed by atoms with Gasteiger partial charge in [0.2, 0.25) is 5.91 Å². The van der Waals surface area contributed by atoms with Crippen molar-refractivity contribution in [1.82, 2.24) is 15.2 Å². The maximum Gasteiger partial charge on any atom is 0.221 e. The van der Waals surface area contributed by atoms with Crippen LogP contribution in [-0.4, -0.2) is 54.8 Å². The number of rotatable bonds is 7. The third kappa shape index (κ3) is 5.06. The van der Waals surface area contributed by atoms with Crippen LogP contribution in [0.2, 0.25) is 0 Å². The molecule has 0 saturated carbocycles. The molecule has 1 saturated heterocycles. The van der Waals surface area contributed by atoms with Crippen molar-refractivity contribution in [2.45, 2.75) is 32.4 Å². The summed E-state index contributed by atoms with van der Waals surface area (Å²) in [5.74, 6) is 0.470. The van der Waals surface area contributed by atoms with Crippen LogP contribution in [0.5, 0.6) is 0 Å². The minimum Gasteiger partial charge on any atom is -0.352 e. The number of nitrogens with one attached hydrogen (secondary N) is 1. The molecule has 0 radical (unpaired) electrons. The standard InChI is InChI=1S/C15H23N3O3S/c1-2-18(14-6-10-22(20,21)12-14)9-5-15(19)17-11-13-3-7-16-8-4-13/h3-4,7-8,14H,2,5-6,9-12H2,1H3,(H,17,19). The second-order valence-electron chi connectivity index (χ2n) is 5.57. The number of hydrogen-bond acceptors (Lipinski definition) is 5. The van der Waals surface area contributed by atoms with Crippen LogP contribution in [0.3, 0.4) is 0 Å². The van der Waals surface area contributed by atoms with E-state index in [2.05, 4.69) is 15.2 Å². The Bertz CT molecular complexity index is 589. The molecule has 2 heterocycles. The third-order valence-electron chi connectivity index (χ3n) is 4.00. The number of aromatic nitrogens is 1. The van der Waals surface area contributed by atoms with Gasteiger partial charge in [0.15, 0.2) is 9.84 Å². The predicted octanol–water partition coefficient (Wildman–Crippen LogP) is 0.597. The van der Waals surface area contributed by atoms with Crippen LogP contribution in [0.1, 0.15) is 25.3 Å². The highest BCUT2D eigenvalue weighted by Gasteiger charge is 2.31. The predicted molar refractivity (Wildman–Crippen MR) is 85.0 cm³/mol. The van der Waals surface area contributed by atoms with Gasteiger partial charge in [-0.1, -0.05) is 6.92 Å². The molecule has 122 valence electrons. The zero-order chi connectivity index (χ0) is 16.0. The molecule has 1 unspecified atom stereocenters. The van der Waals surface area contributed by atoms with Crippen molar-refractivity contribution in [2.24, 2.45) is 0 Å².